The van der Waals surface area contributed by atoms with Crippen LogP contribution in [0.5, 0.6) is 0 Å². The third-order valence-electron chi connectivity index (χ3n) is 3.41. The molecule has 26 heavy (non-hydrogen) atoms. The lowest BCUT2D eigenvalue weighted by molar-refractivity contribution is -0.385. The summed E-state index contributed by atoms with van der Waals surface area (Å²) in [6.07, 6.45) is -1.10. The van der Waals surface area contributed by atoms with E-state index in [2.05, 4.69) is 5.32 Å². The molecule has 0 aliphatic carbocycles. The predicted molar refractivity (Wildman–Crippen MR) is 97.8 cm³/mol. The molecule has 0 saturated carbocycles. The van der Waals surface area contributed by atoms with Gasteiger partial charge in [-0.2, -0.15) is 0 Å². The number of halogens is 2. The minimum atomic E-state index is -1.10. The van der Waals surface area contributed by atoms with E-state index >= 15 is 0 Å². The number of hydrogen-bond acceptors (Lipinski definition) is 5. The van der Waals surface area contributed by atoms with Crippen LogP contribution in [-0.4, -0.2) is 22.9 Å². The molecule has 1 amide bonds. The van der Waals surface area contributed by atoms with Gasteiger partial charge in [-0.1, -0.05) is 23.2 Å². The Morgan fingerprint density at radius 3 is 2.31 bits per heavy atom. The van der Waals surface area contributed by atoms with Gasteiger partial charge in [0.1, 0.15) is 0 Å². The number of carbonyl (C=O) groups is 2. The minimum Gasteiger partial charge on any atom is -0.449 e. The summed E-state index contributed by atoms with van der Waals surface area (Å²) in [6, 6.07) is 8.33. The highest BCUT2D eigenvalue weighted by Crippen LogP contribution is 2.23. The summed E-state index contributed by atoms with van der Waals surface area (Å²) in [6.45, 7) is 2.91. The molecule has 2 aromatic rings. The van der Waals surface area contributed by atoms with Crippen LogP contribution in [-0.2, 0) is 9.53 Å². The first kappa shape index (κ1) is 19.7. The number of nitro groups is 1. The van der Waals surface area contributed by atoms with Gasteiger partial charge in [0.2, 0.25) is 0 Å². The largest absolute Gasteiger partial charge is 0.449 e. The molecule has 1 atom stereocenters. The highest BCUT2D eigenvalue weighted by Gasteiger charge is 2.21. The SMILES string of the molecule is Cc1cc(C(=O)O[C@H](C)C(=O)Nc2cc(Cl)cc(Cl)c2)ccc1[N+](=O)[O-]. The van der Waals surface area contributed by atoms with Gasteiger partial charge in [-0.05, 0) is 44.2 Å². The molecule has 1 N–H and O–H groups in total. The van der Waals surface area contributed by atoms with E-state index in [1.165, 1.54) is 50.2 Å². The first-order chi connectivity index (χ1) is 12.2. The van der Waals surface area contributed by atoms with Crippen molar-refractivity contribution in [3.05, 3.63) is 67.7 Å². The molecule has 0 heterocycles. The Morgan fingerprint density at radius 2 is 1.77 bits per heavy atom. The molecule has 0 radical (unpaired) electrons. The molecule has 0 aliphatic heterocycles. The number of amides is 1. The van der Waals surface area contributed by atoms with E-state index in [0.717, 1.165) is 0 Å². The molecule has 0 bridgehead atoms. The highest BCUT2D eigenvalue weighted by molar-refractivity contribution is 6.35. The molecule has 0 saturated heterocycles. The Hall–Kier alpha value is -2.64. The number of ether oxygens (including phenoxy) is 1. The van der Waals surface area contributed by atoms with E-state index in [0.29, 0.717) is 21.3 Å². The molecule has 0 aromatic heterocycles. The second kappa shape index (κ2) is 8.16. The number of nitrogens with one attached hydrogen (secondary N) is 1. The van der Waals surface area contributed by atoms with Crippen LogP contribution in [0, 0.1) is 17.0 Å². The second-order valence-corrected chi connectivity index (χ2v) is 6.33. The topological polar surface area (TPSA) is 98.5 Å². The smallest absolute Gasteiger partial charge is 0.338 e. The van der Waals surface area contributed by atoms with Gasteiger partial charge in [-0.25, -0.2) is 4.79 Å². The summed E-state index contributed by atoms with van der Waals surface area (Å²) < 4.78 is 5.10. The zero-order chi connectivity index (χ0) is 19.4. The molecule has 7 nitrogen and oxygen atoms in total. The van der Waals surface area contributed by atoms with Crippen molar-refractivity contribution in [2.75, 3.05) is 5.32 Å². The van der Waals surface area contributed by atoms with Crippen LogP contribution in [0.15, 0.2) is 36.4 Å². The van der Waals surface area contributed by atoms with Crippen molar-refractivity contribution in [1.29, 1.82) is 0 Å². The normalized spacial score (nSPS) is 11.5. The standard InChI is InChI=1S/C17H14Cl2N2O5/c1-9-5-11(3-4-15(9)21(24)25)17(23)26-10(2)16(22)20-14-7-12(18)6-13(19)8-14/h3-8,10H,1-2H3,(H,20,22)/t10-/m1/s1. The fraction of sp³-hybridized carbons (Fsp3) is 0.176. The molecule has 0 fully saturated rings. The summed E-state index contributed by atoms with van der Waals surface area (Å²) in [4.78, 5) is 34.6. The van der Waals surface area contributed by atoms with E-state index in [-0.39, 0.29) is 11.3 Å². The lowest BCUT2D eigenvalue weighted by Gasteiger charge is -2.14. The molecular weight excluding hydrogens is 383 g/mol. The number of benzene rings is 2. The van der Waals surface area contributed by atoms with Crippen LogP contribution >= 0.6 is 23.2 Å². The van der Waals surface area contributed by atoms with Gasteiger partial charge in [0.25, 0.3) is 11.6 Å². The third-order valence-corrected chi connectivity index (χ3v) is 3.85. The van der Waals surface area contributed by atoms with Crippen LogP contribution in [0.4, 0.5) is 11.4 Å². The molecule has 0 aliphatic rings. The van der Waals surface area contributed by atoms with Crippen molar-refractivity contribution in [2.24, 2.45) is 0 Å². The zero-order valence-corrected chi connectivity index (χ0v) is 15.3. The average Bonchev–Trinajstić information content (AvgIpc) is 2.53. The van der Waals surface area contributed by atoms with Crippen LogP contribution < -0.4 is 5.32 Å². The zero-order valence-electron chi connectivity index (χ0n) is 13.8. The fourth-order valence-corrected chi connectivity index (χ4v) is 2.67. The van der Waals surface area contributed by atoms with Crippen molar-refractivity contribution >= 4 is 46.5 Å². The van der Waals surface area contributed by atoms with Gasteiger partial charge < -0.3 is 10.1 Å². The van der Waals surface area contributed by atoms with Gasteiger partial charge in [0, 0.05) is 27.4 Å². The Morgan fingerprint density at radius 1 is 1.15 bits per heavy atom. The molecule has 2 aromatic carbocycles. The van der Waals surface area contributed by atoms with Gasteiger partial charge in [-0.15, -0.1) is 0 Å². The average molecular weight is 397 g/mol. The van der Waals surface area contributed by atoms with Crippen molar-refractivity contribution in [3.8, 4) is 0 Å². The van der Waals surface area contributed by atoms with Crippen LogP contribution in [0.25, 0.3) is 0 Å². The number of rotatable bonds is 5. The minimum absolute atomic E-state index is 0.106. The van der Waals surface area contributed by atoms with Crippen LogP contribution in [0.1, 0.15) is 22.8 Å². The van der Waals surface area contributed by atoms with Gasteiger partial charge in [0.15, 0.2) is 6.10 Å². The van der Waals surface area contributed by atoms with Crippen molar-refractivity contribution in [2.45, 2.75) is 20.0 Å². The predicted octanol–water partition coefficient (Wildman–Crippen LogP) is 4.39. The van der Waals surface area contributed by atoms with E-state index < -0.39 is 22.9 Å². The summed E-state index contributed by atoms with van der Waals surface area (Å²) >= 11 is 11.7. The monoisotopic (exact) mass is 396 g/mol. The number of esters is 1. The van der Waals surface area contributed by atoms with Crippen molar-refractivity contribution in [1.82, 2.24) is 0 Å². The Labute approximate surface area is 159 Å². The summed E-state index contributed by atoms with van der Waals surface area (Å²) in [5.74, 6) is -1.34. The first-order valence-corrected chi connectivity index (χ1v) is 8.16. The van der Waals surface area contributed by atoms with Crippen LogP contribution in [0.3, 0.4) is 0 Å². The van der Waals surface area contributed by atoms with E-state index in [1.54, 1.807) is 0 Å². The number of hydrogen-bond donors (Lipinski definition) is 1. The lowest BCUT2D eigenvalue weighted by Crippen LogP contribution is -2.30. The second-order valence-electron chi connectivity index (χ2n) is 5.45. The molecule has 0 spiro atoms. The molecule has 2 rings (SSSR count). The fourth-order valence-electron chi connectivity index (χ4n) is 2.14. The van der Waals surface area contributed by atoms with Gasteiger partial charge in [0.05, 0.1) is 10.5 Å². The maximum absolute atomic E-state index is 12.1. The number of nitro benzene ring substituents is 1. The summed E-state index contributed by atoms with van der Waals surface area (Å²) in [7, 11) is 0. The lowest BCUT2D eigenvalue weighted by atomic mass is 10.1. The Balaban J connectivity index is 2.05. The number of carbonyl (C=O) groups excluding carboxylic acids is 2. The summed E-state index contributed by atoms with van der Waals surface area (Å²) in [5, 5.41) is 14.0. The molecular formula is C17H14Cl2N2O5. The Bertz CT molecular complexity index is 865. The van der Waals surface area contributed by atoms with Gasteiger partial charge >= 0.3 is 5.97 Å². The third kappa shape index (κ3) is 4.93. The maximum atomic E-state index is 12.1. The maximum Gasteiger partial charge on any atom is 0.338 e. The first-order valence-electron chi connectivity index (χ1n) is 7.40. The van der Waals surface area contributed by atoms with Crippen LogP contribution in [0.2, 0.25) is 10.0 Å². The van der Waals surface area contributed by atoms with E-state index in [1.807, 2.05) is 0 Å². The number of nitrogens with zero attached hydrogens (tertiary/aromatic N) is 1. The van der Waals surface area contributed by atoms with Crippen molar-refractivity contribution in [3.63, 3.8) is 0 Å². The van der Waals surface area contributed by atoms with E-state index in [9.17, 15) is 19.7 Å². The number of aryl methyl sites for hydroxylation is 1. The highest BCUT2D eigenvalue weighted by atomic mass is 35.5. The quantitative estimate of drug-likeness (QED) is 0.458. The Kier molecular flexibility index (Phi) is 6.18. The molecule has 136 valence electrons. The van der Waals surface area contributed by atoms with Crippen molar-refractivity contribution < 1.29 is 19.2 Å². The molecule has 0 unspecified atom stereocenters. The summed E-state index contributed by atoms with van der Waals surface area (Å²) in [5.41, 5.74) is 0.681. The number of anilines is 1. The van der Waals surface area contributed by atoms with Gasteiger partial charge in [-0.3, -0.25) is 14.9 Å². The molecule has 9 heteroatoms. The van der Waals surface area contributed by atoms with E-state index in [4.69, 9.17) is 27.9 Å².